The maximum absolute atomic E-state index is 10.7. The van der Waals surface area contributed by atoms with Gasteiger partial charge in [0.15, 0.2) is 11.5 Å². The number of hydrogen-bond acceptors (Lipinski definition) is 4. The summed E-state index contributed by atoms with van der Waals surface area (Å²) < 4.78 is 11.1. The Hall–Kier alpha value is -2.73. The van der Waals surface area contributed by atoms with Crippen LogP contribution in [0, 0.1) is 0 Å². The number of hydrogen-bond donors (Lipinski definition) is 2. The Morgan fingerprint density at radius 3 is 2.78 bits per heavy atom. The minimum atomic E-state index is -0.748. The zero-order valence-electron chi connectivity index (χ0n) is 12.5. The summed E-state index contributed by atoms with van der Waals surface area (Å²) in [6, 6.07) is 12.0. The fourth-order valence-electron chi connectivity index (χ4n) is 1.88. The molecule has 2 amide bonds. The molecule has 0 aliphatic carbocycles. The SMILES string of the molecule is COc1cccc(/C=N\NC(N)=O)c1OCc1ccccc1Cl. The smallest absolute Gasteiger partial charge is 0.332 e. The first kappa shape index (κ1) is 16.6. The monoisotopic (exact) mass is 333 g/mol. The van der Waals surface area contributed by atoms with Gasteiger partial charge in [-0.1, -0.05) is 35.9 Å². The molecule has 2 aromatic carbocycles. The first-order valence-corrected chi connectivity index (χ1v) is 7.11. The maximum atomic E-state index is 10.7. The van der Waals surface area contributed by atoms with E-state index in [-0.39, 0.29) is 6.61 Å². The molecule has 0 radical (unpaired) electrons. The summed E-state index contributed by atoms with van der Waals surface area (Å²) in [5.41, 5.74) is 8.58. The van der Waals surface area contributed by atoms with Crippen LogP contribution in [0.2, 0.25) is 5.02 Å². The molecule has 3 N–H and O–H groups in total. The molecule has 0 aliphatic rings. The van der Waals surface area contributed by atoms with Crippen LogP contribution in [-0.2, 0) is 6.61 Å². The van der Waals surface area contributed by atoms with E-state index >= 15 is 0 Å². The van der Waals surface area contributed by atoms with E-state index in [2.05, 4.69) is 10.5 Å². The van der Waals surface area contributed by atoms with Gasteiger partial charge in [-0.25, -0.2) is 10.2 Å². The first-order chi connectivity index (χ1) is 11.1. The number of ether oxygens (including phenoxy) is 2. The third kappa shape index (κ3) is 4.62. The minimum Gasteiger partial charge on any atom is -0.493 e. The predicted octanol–water partition coefficient (Wildman–Crippen LogP) is 2.93. The number of carbonyl (C=O) groups is 1. The van der Waals surface area contributed by atoms with E-state index in [1.54, 1.807) is 31.4 Å². The molecule has 0 fully saturated rings. The van der Waals surface area contributed by atoms with Crippen molar-refractivity contribution in [2.45, 2.75) is 6.61 Å². The van der Waals surface area contributed by atoms with Crippen LogP contribution in [0.5, 0.6) is 11.5 Å². The summed E-state index contributed by atoms with van der Waals surface area (Å²) in [6.07, 6.45) is 1.43. The van der Waals surface area contributed by atoms with Gasteiger partial charge in [-0.15, -0.1) is 0 Å². The number of carbonyl (C=O) groups excluding carboxylic acids is 1. The summed E-state index contributed by atoms with van der Waals surface area (Å²) in [5, 5.41) is 4.36. The zero-order valence-corrected chi connectivity index (χ0v) is 13.2. The number of urea groups is 1. The van der Waals surface area contributed by atoms with Crippen molar-refractivity contribution in [3.05, 3.63) is 58.6 Å². The topological polar surface area (TPSA) is 85.9 Å². The van der Waals surface area contributed by atoms with Crippen LogP contribution in [0.25, 0.3) is 0 Å². The number of para-hydroxylation sites is 1. The Kier molecular flexibility index (Phi) is 5.82. The van der Waals surface area contributed by atoms with E-state index in [9.17, 15) is 4.79 Å². The number of methoxy groups -OCH3 is 1. The molecule has 0 heterocycles. The summed E-state index contributed by atoms with van der Waals surface area (Å²) in [5.74, 6) is 1.03. The van der Waals surface area contributed by atoms with Crippen molar-refractivity contribution in [2.75, 3.05) is 7.11 Å². The van der Waals surface area contributed by atoms with E-state index in [1.165, 1.54) is 6.21 Å². The van der Waals surface area contributed by atoms with Gasteiger partial charge >= 0.3 is 6.03 Å². The molecule has 0 spiro atoms. The molecule has 0 aromatic heterocycles. The van der Waals surface area contributed by atoms with E-state index in [0.29, 0.717) is 22.1 Å². The number of nitrogens with one attached hydrogen (secondary N) is 1. The van der Waals surface area contributed by atoms with Crippen LogP contribution in [-0.4, -0.2) is 19.4 Å². The Bertz CT molecular complexity index is 719. The fraction of sp³-hybridized carbons (Fsp3) is 0.125. The van der Waals surface area contributed by atoms with Crippen LogP contribution in [0.3, 0.4) is 0 Å². The fourth-order valence-corrected chi connectivity index (χ4v) is 2.07. The molecule has 0 saturated heterocycles. The minimum absolute atomic E-state index is 0.268. The summed E-state index contributed by atoms with van der Waals surface area (Å²) in [6.45, 7) is 0.268. The van der Waals surface area contributed by atoms with Gasteiger partial charge in [0.25, 0.3) is 0 Å². The molecule has 120 valence electrons. The van der Waals surface area contributed by atoms with Crippen LogP contribution < -0.4 is 20.6 Å². The number of hydrazone groups is 1. The quantitative estimate of drug-likeness (QED) is 0.629. The molecular weight excluding hydrogens is 318 g/mol. The molecule has 0 unspecified atom stereocenters. The van der Waals surface area contributed by atoms with Crippen LogP contribution in [0.4, 0.5) is 4.79 Å². The van der Waals surface area contributed by atoms with E-state index in [4.69, 9.17) is 26.8 Å². The number of rotatable bonds is 6. The number of halogens is 1. The van der Waals surface area contributed by atoms with Gasteiger partial charge in [-0.05, 0) is 18.2 Å². The van der Waals surface area contributed by atoms with Crippen molar-refractivity contribution in [2.24, 2.45) is 10.8 Å². The standard InChI is InChI=1S/C16H16ClN3O3/c1-22-14-8-4-6-11(9-19-20-16(18)21)15(14)23-10-12-5-2-3-7-13(12)17/h2-9H,10H2,1H3,(H3,18,20,21)/b19-9-. The van der Waals surface area contributed by atoms with Gasteiger partial charge in [-0.2, -0.15) is 5.10 Å². The molecule has 0 aliphatic heterocycles. The normalized spacial score (nSPS) is 10.5. The van der Waals surface area contributed by atoms with Crippen molar-refractivity contribution < 1.29 is 14.3 Å². The summed E-state index contributed by atoms with van der Waals surface area (Å²) in [4.78, 5) is 10.7. The summed E-state index contributed by atoms with van der Waals surface area (Å²) in [7, 11) is 1.54. The van der Waals surface area contributed by atoms with Crippen molar-refractivity contribution in [1.29, 1.82) is 0 Å². The highest BCUT2D eigenvalue weighted by molar-refractivity contribution is 6.31. The average Bonchev–Trinajstić information content (AvgIpc) is 2.54. The first-order valence-electron chi connectivity index (χ1n) is 6.73. The summed E-state index contributed by atoms with van der Waals surface area (Å²) >= 11 is 6.12. The number of amides is 2. The lowest BCUT2D eigenvalue weighted by atomic mass is 10.2. The highest BCUT2D eigenvalue weighted by Gasteiger charge is 2.10. The van der Waals surface area contributed by atoms with Gasteiger partial charge in [0.2, 0.25) is 0 Å². The molecule has 2 aromatic rings. The second kappa shape index (κ2) is 8.05. The van der Waals surface area contributed by atoms with Gasteiger partial charge < -0.3 is 15.2 Å². The number of benzene rings is 2. The maximum Gasteiger partial charge on any atom is 0.332 e. The second-order valence-electron chi connectivity index (χ2n) is 4.49. The largest absolute Gasteiger partial charge is 0.493 e. The molecular formula is C16H16ClN3O3. The predicted molar refractivity (Wildman–Crippen MR) is 89.1 cm³/mol. The third-order valence-corrected chi connectivity index (χ3v) is 3.31. The average molecular weight is 334 g/mol. The highest BCUT2D eigenvalue weighted by Crippen LogP contribution is 2.31. The van der Waals surface area contributed by atoms with E-state index < -0.39 is 6.03 Å². The van der Waals surface area contributed by atoms with Crippen LogP contribution in [0.1, 0.15) is 11.1 Å². The van der Waals surface area contributed by atoms with Gasteiger partial charge in [0.05, 0.1) is 13.3 Å². The number of nitrogens with two attached hydrogens (primary N) is 1. The van der Waals surface area contributed by atoms with Gasteiger partial charge in [-0.3, -0.25) is 0 Å². The Balaban J connectivity index is 2.23. The number of primary amides is 1. The molecule has 0 bridgehead atoms. The Labute approximate surface area is 138 Å². The molecule has 0 atom stereocenters. The van der Waals surface area contributed by atoms with Crippen molar-refractivity contribution in [1.82, 2.24) is 5.43 Å². The lowest BCUT2D eigenvalue weighted by molar-refractivity contribution is 0.249. The van der Waals surface area contributed by atoms with Crippen molar-refractivity contribution in [3.8, 4) is 11.5 Å². The van der Waals surface area contributed by atoms with Crippen LogP contribution in [0.15, 0.2) is 47.6 Å². The lowest BCUT2D eigenvalue weighted by Crippen LogP contribution is -2.24. The second-order valence-corrected chi connectivity index (χ2v) is 4.90. The highest BCUT2D eigenvalue weighted by atomic mass is 35.5. The third-order valence-electron chi connectivity index (χ3n) is 2.94. The van der Waals surface area contributed by atoms with Crippen molar-refractivity contribution in [3.63, 3.8) is 0 Å². The Morgan fingerprint density at radius 1 is 1.30 bits per heavy atom. The molecule has 6 nitrogen and oxygen atoms in total. The molecule has 0 saturated carbocycles. The lowest BCUT2D eigenvalue weighted by Gasteiger charge is -2.13. The van der Waals surface area contributed by atoms with Crippen molar-refractivity contribution >= 4 is 23.8 Å². The van der Waals surface area contributed by atoms with Gasteiger partial charge in [0.1, 0.15) is 6.61 Å². The molecule has 7 heteroatoms. The Morgan fingerprint density at radius 2 is 2.09 bits per heavy atom. The van der Waals surface area contributed by atoms with Crippen LogP contribution >= 0.6 is 11.6 Å². The molecule has 23 heavy (non-hydrogen) atoms. The van der Waals surface area contributed by atoms with Gasteiger partial charge in [0, 0.05) is 16.1 Å². The van der Waals surface area contributed by atoms with E-state index in [0.717, 1.165) is 5.56 Å². The number of nitrogens with zero attached hydrogens (tertiary/aromatic N) is 1. The zero-order chi connectivity index (χ0) is 16.7. The van der Waals surface area contributed by atoms with E-state index in [1.807, 2.05) is 18.2 Å². The molecule has 2 rings (SSSR count).